The van der Waals surface area contributed by atoms with Gasteiger partial charge >= 0.3 is 0 Å². The molecule has 10 heteroatoms. The van der Waals surface area contributed by atoms with E-state index in [1.54, 1.807) is 27.9 Å². The molecule has 2 aromatic rings. The van der Waals surface area contributed by atoms with E-state index in [0.29, 0.717) is 47.5 Å². The van der Waals surface area contributed by atoms with Crippen molar-refractivity contribution in [3.8, 4) is 0 Å². The highest BCUT2D eigenvalue weighted by Crippen LogP contribution is 2.25. The first-order valence-corrected chi connectivity index (χ1v) is 8.49. The summed E-state index contributed by atoms with van der Waals surface area (Å²) in [6.07, 6.45) is 0.984. The summed E-state index contributed by atoms with van der Waals surface area (Å²) in [6.45, 7) is 7.26. The smallest absolute Gasteiger partial charge is 0.225 e. The second-order valence-electron chi connectivity index (χ2n) is 6.42. The van der Waals surface area contributed by atoms with E-state index in [1.165, 1.54) is 0 Å². The summed E-state index contributed by atoms with van der Waals surface area (Å²) in [6, 6.07) is 0. The van der Waals surface area contributed by atoms with Crippen LogP contribution in [0.3, 0.4) is 0 Å². The van der Waals surface area contributed by atoms with Gasteiger partial charge in [-0.15, -0.1) is 12.4 Å². The Morgan fingerprint density at radius 3 is 2.15 bits per heavy atom. The summed E-state index contributed by atoms with van der Waals surface area (Å²) in [5.74, 6) is 2.44. The molecule has 0 aliphatic carbocycles. The Hall–Kier alpha value is -1.97. The fraction of sp³-hybridized carbons (Fsp3) is 0.625. The number of nitrogens with zero attached hydrogens (tertiary/aromatic N) is 4. The summed E-state index contributed by atoms with van der Waals surface area (Å²) in [4.78, 5) is 18.1. The van der Waals surface area contributed by atoms with Crippen molar-refractivity contribution in [1.29, 1.82) is 0 Å². The third kappa shape index (κ3) is 5.79. The van der Waals surface area contributed by atoms with E-state index >= 15 is 0 Å². The van der Waals surface area contributed by atoms with Crippen LogP contribution in [0.2, 0.25) is 0 Å². The van der Waals surface area contributed by atoms with E-state index in [0.717, 1.165) is 13.0 Å². The van der Waals surface area contributed by atoms with Gasteiger partial charge in [0.2, 0.25) is 5.95 Å². The van der Waals surface area contributed by atoms with E-state index in [2.05, 4.69) is 48.1 Å². The Kier molecular flexibility index (Phi) is 8.19. The maximum absolute atomic E-state index is 9.80. The molecule has 0 amide bonds. The molecule has 0 spiro atoms. The topological polar surface area (TPSA) is 120 Å². The minimum Gasteiger partial charge on any atom is -0.389 e. The predicted molar refractivity (Wildman–Crippen MR) is 108 cm³/mol. The maximum atomic E-state index is 9.80. The highest BCUT2D eigenvalue weighted by atomic mass is 35.5. The lowest BCUT2D eigenvalue weighted by Gasteiger charge is -2.17. The quantitative estimate of drug-likeness (QED) is 0.439. The Balaban J connectivity index is 0.00000338. The van der Waals surface area contributed by atoms with Crippen molar-refractivity contribution in [3.63, 3.8) is 0 Å². The van der Waals surface area contributed by atoms with Crippen molar-refractivity contribution < 1.29 is 5.11 Å². The molecule has 2 rings (SSSR count). The fourth-order valence-electron chi connectivity index (χ4n) is 2.29. The Bertz CT molecular complexity index is 719. The standard InChI is InChI=1S/C16H28N8O.ClH/c1-6-7-20-15-23-12-11(14(18-5)24-15)21-10(22-13(12)17-4)8-19-9-16(2,3)25;/h19,25H,6-9H2,1-5H3,(H,17,21,22)(H2,18,20,23,24);1H. The number of rotatable bonds is 9. The number of aliphatic hydroxyl groups is 1. The van der Waals surface area contributed by atoms with Crippen molar-refractivity contribution in [3.05, 3.63) is 5.82 Å². The molecular weight excluding hydrogens is 356 g/mol. The first kappa shape index (κ1) is 22.1. The summed E-state index contributed by atoms with van der Waals surface area (Å²) < 4.78 is 0. The molecule has 0 unspecified atom stereocenters. The minimum atomic E-state index is -0.790. The lowest BCUT2D eigenvalue weighted by molar-refractivity contribution is 0.0793. The molecular formula is C16H29ClN8O. The number of aromatic nitrogens is 4. The summed E-state index contributed by atoms with van der Waals surface area (Å²) in [7, 11) is 3.61. The van der Waals surface area contributed by atoms with Crippen LogP contribution < -0.4 is 21.3 Å². The zero-order chi connectivity index (χ0) is 18.4. The van der Waals surface area contributed by atoms with Crippen LogP contribution in [0.5, 0.6) is 0 Å². The van der Waals surface area contributed by atoms with Crippen LogP contribution >= 0.6 is 12.4 Å². The molecule has 0 atom stereocenters. The van der Waals surface area contributed by atoms with E-state index in [-0.39, 0.29) is 12.4 Å². The molecule has 0 aliphatic rings. The zero-order valence-corrected chi connectivity index (χ0v) is 16.8. The zero-order valence-electron chi connectivity index (χ0n) is 16.0. The summed E-state index contributed by atoms with van der Waals surface area (Å²) >= 11 is 0. The van der Waals surface area contributed by atoms with Crippen LogP contribution in [0.4, 0.5) is 17.6 Å². The normalized spacial score (nSPS) is 11.2. The van der Waals surface area contributed by atoms with Crippen molar-refractivity contribution in [2.75, 3.05) is 43.1 Å². The lowest BCUT2D eigenvalue weighted by atomic mass is 10.1. The molecule has 0 saturated carbocycles. The summed E-state index contributed by atoms with van der Waals surface area (Å²) in [5.41, 5.74) is 0.526. The first-order chi connectivity index (χ1) is 11.9. The molecule has 0 aliphatic heterocycles. The van der Waals surface area contributed by atoms with Gasteiger partial charge in [0.15, 0.2) is 11.6 Å². The predicted octanol–water partition coefficient (Wildman–Crippen LogP) is 1.61. The summed E-state index contributed by atoms with van der Waals surface area (Å²) in [5, 5.41) is 22.3. The van der Waals surface area contributed by atoms with E-state index in [4.69, 9.17) is 0 Å². The molecule has 2 heterocycles. The first-order valence-electron chi connectivity index (χ1n) is 8.49. The second kappa shape index (κ2) is 9.65. The number of hydrogen-bond donors (Lipinski definition) is 5. The fourth-order valence-corrected chi connectivity index (χ4v) is 2.29. The molecule has 5 N–H and O–H groups in total. The number of fused-ring (bicyclic) bond motifs is 1. The highest BCUT2D eigenvalue weighted by molar-refractivity contribution is 5.93. The Morgan fingerprint density at radius 1 is 0.962 bits per heavy atom. The van der Waals surface area contributed by atoms with Gasteiger partial charge in [-0.25, -0.2) is 15.0 Å². The van der Waals surface area contributed by atoms with Crippen molar-refractivity contribution in [1.82, 2.24) is 25.3 Å². The number of halogens is 1. The largest absolute Gasteiger partial charge is 0.389 e. The van der Waals surface area contributed by atoms with Crippen LogP contribution in [0.1, 0.15) is 33.0 Å². The van der Waals surface area contributed by atoms with Gasteiger partial charge in [-0.1, -0.05) is 6.92 Å². The number of anilines is 3. The average molecular weight is 385 g/mol. The van der Waals surface area contributed by atoms with E-state index < -0.39 is 5.60 Å². The van der Waals surface area contributed by atoms with Crippen LogP contribution in [0.15, 0.2) is 0 Å². The number of hydrogen-bond acceptors (Lipinski definition) is 9. The van der Waals surface area contributed by atoms with Crippen LogP contribution in [-0.2, 0) is 6.54 Å². The van der Waals surface area contributed by atoms with Gasteiger partial charge < -0.3 is 26.4 Å². The van der Waals surface area contributed by atoms with Crippen molar-refractivity contribution in [2.45, 2.75) is 39.3 Å². The van der Waals surface area contributed by atoms with Gasteiger partial charge in [-0.05, 0) is 20.3 Å². The molecule has 0 saturated heterocycles. The monoisotopic (exact) mass is 384 g/mol. The number of nitrogens with one attached hydrogen (secondary N) is 4. The Morgan fingerprint density at radius 2 is 1.58 bits per heavy atom. The molecule has 9 nitrogen and oxygen atoms in total. The van der Waals surface area contributed by atoms with Gasteiger partial charge in [-0.3, -0.25) is 0 Å². The van der Waals surface area contributed by atoms with Gasteiger partial charge in [0, 0.05) is 27.2 Å². The van der Waals surface area contributed by atoms with Crippen molar-refractivity contribution in [2.24, 2.45) is 0 Å². The highest BCUT2D eigenvalue weighted by Gasteiger charge is 2.16. The molecule has 146 valence electrons. The molecule has 0 radical (unpaired) electrons. The SMILES string of the molecule is CCCNc1nc(NC)c2nc(CNCC(C)(C)O)nc(NC)c2n1.Cl. The Labute approximate surface area is 160 Å². The molecule has 2 aromatic heterocycles. The lowest BCUT2D eigenvalue weighted by Crippen LogP contribution is -2.34. The van der Waals surface area contributed by atoms with Gasteiger partial charge in [0.25, 0.3) is 0 Å². The van der Waals surface area contributed by atoms with Crippen LogP contribution in [0.25, 0.3) is 11.0 Å². The minimum absolute atomic E-state index is 0. The maximum Gasteiger partial charge on any atom is 0.225 e. The molecule has 0 bridgehead atoms. The van der Waals surface area contributed by atoms with Crippen LogP contribution in [0, 0.1) is 0 Å². The van der Waals surface area contributed by atoms with Gasteiger partial charge in [0.05, 0.1) is 12.1 Å². The second-order valence-corrected chi connectivity index (χ2v) is 6.42. The van der Waals surface area contributed by atoms with E-state index in [9.17, 15) is 5.11 Å². The average Bonchev–Trinajstić information content (AvgIpc) is 2.57. The van der Waals surface area contributed by atoms with Gasteiger partial charge in [0.1, 0.15) is 16.9 Å². The van der Waals surface area contributed by atoms with Crippen LogP contribution in [-0.4, -0.2) is 57.8 Å². The van der Waals surface area contributed by atoms with Crippen molar-refractivity contribution >= 4 is 41.0 Å². The molecule has 0 fully saturated rings. The molecule has 26 heavy (non-hydrogen) atoms. The third-order valence-corrected chi connectivity index (χ3v) is 3.44. The van der Waals surface area contributed by atoms with E-state index in [1.807, 2.05) is 0 Å². The third-order valence-electron chi connectivity index (χ3n) is 3.44. The molecule has 0 aromatic carbocycles. The van der Waals surface area contributed by atoms with Gasteiger partial charge in [-0.2, -0.15) is 4.98 Å².